The number of rotatable bonds is 3. The summed E-state index contributed by atoms with van der Waals surface area (Å²) in [6.07, 6.45) is 10.4. The third-order valence-electron chi connectivity index (χ3n) is 5.50. The highest BCUT2D eigenvalue weighted by atomic mass is 35.5. The number of amides is 1. The third-order valence-corrected chi connectivity index (χ3v) is 5.50. The van der Waals surface area contributed by atoms with E-state index < -0.39 is 0 Å². The Bertz CT molecular complexity index is 751. The van der Waals surface area contributed by atoms with Crippen molar-refractivity contribution in [1.29, 1.82) is 0 Å². The van der Waals surface area contributed by atoms with Crippen LogP contribution in [0.15, 0.2) is 42.9 Å². The predicted octanol–water partition coefficient (Wildman–Crippen LogP) is 3.49. The quantitative estimate of drug-likeness (QED) is 0.795. The molecule has 2 aromatic rings. The van der Waals surface area contributed by atoms with Gasteiger partial charge < -0.3 is 15.1 Å². The summed E-state index contributed by atoms with van der Waals surface area (Å²) < 4.78 is 0. The molecule has 29 heavy (non-hydrogen) atoms. The second kappa shape index (κ2) is 11.3. The molecule has 2 aliphatic heterocycles. The molecule has 0 bridgehead atoms. The van der Waals surface area contributed by atoms with Crippen LogP contribution in [0.4, 0.5) is 5.82 Å². The van der Waals surface area contributed by atoms with Crippen LogP contribution in [0.2, 0.25) is 0 Å². The maximum atomic E-state index is 13.2. The van der Waals surface area contributed by atoms with Crippen molar-refractivity contribution in [3.05, 3.63) is 54.0 Å². The van der Waals surface area contributed by atoms with Crippen LogP contribution in [0.25, 0.3) is 0 Å². The van der Waals surface area contributed by atoms with E-state index >= 15 is 0 Å². The minimum absolute atomic E-state index is 0. The molecule has 4 heterocycles. The van der Waals surface area contributed by atoms with E-state index in [1.807, 2.05) is 35.4 Å². The van der Waals surface area contributed by atoms with Crippen molar-refractivity contribution in [1.82, 2.24) is 20.2 Å². The van der Waals surface area contributed by atoms with Crippen molar-refractivity contribution in [3.8, 4) is 0 Å². The van der Waals surface area contributed by atoms with Crippen molar-refractivity contribution in [2.45, 2.75) is 31.7 Å². The van der Waals surface area contributed by atoms with Crippen LogP contribution in [0.5, 0.6) is 0 Å². The van der Waals surface area contributed by atoms with Gasteiger partial charge in [-0.1, -0.05) is 18.9 Å². The number of nitrogens with one attached hydrogen (secondary N) is 1. The van der Waals surface area contributed by atoms with Crippen molar-refractivity contribution in [2.75, 3.05) is 37.6 Å². The van der Waals surface area contributed by atoms with E-state index in [0.717, 1.165) is 37.6 Å². The van der Waals surface area contributed by atoms with Crippen molar-refractivity contribution < 1.29 is 4.79 Å². The third kappa shape index (κ3) is 5.59. The van der Waals surface area contributed by atoms with Gasteiger partial charge in [0.1, 0.15) is 5.82 Å². The summed E-state index contributed by atoms with van der Waals surface area (Å²) in [6, 6.07) is 7.89. The van der Waals surface area contributed by atoms with E-state index in [4.69, 9.17) is 0 Å². The van der Waals surface area contributed by atoms with E-state index in [0.29, 0.717) is 12.1 Å². The Kier molecular flexibility index (Phi) is 9.14. The summed E-state index contributed by atoms with van der Waals surface area (Å²) in [4.78, 5) is 26.3. The number of nitrogens with zero attached hydrogens (tertiary/aromatic N) is 4. The standard InChI is InChI=1S/C21H27N5O.2ClH/c27-21(26-13-10-23-16-19(26)17-6-5-9-22-14-17)18-7-8-20(24-15-18)25-11-3-1-2-4-12-25;;/h5-9,14-15,19,23H,1-4,10-13,16H2;2*1H. The van der Waals surface area contributed by atoms with Crippen LogP contribution >= 0.6 is 24.8 Å². The Morgan fingerprint density at radius 3 is 2.45 bits per heavy atom. The van der Waals surface area contributed by atoms with Crippen LogP contribution < -0.4 is 10.2 Å². The molecule has 0 saturated carbocycles. The van der Waals surface area contributed by atoms with E-state index in [1.165, 1.54) is 25.7 Å². The van der Waals surface area contributed by atoms with Crippen molar-refractivity contribution >= 4 is 36.5 Å². The summed E-state index contributed by atoms with van der Waals surface area (Å²) in [6.45, 7) is 4.35. The lowest BCUT2D eigenvalue weighted by atomic mass is 10.0. The lowest BCUT2D eigenvalue weighted by molar-refractivity contribution is 0.0633. The van der Waals surface area contributed by atoms with Gasteiger partial charge in [-0.3, -0.25) is 9.78 Å². The number of anilines is 1. The monoisotopic (exact) mass is 437 g/mol. The van der Waals surface area contributed by atoms with Gasteiger partial charge >= 0.3 is 0 Å². The molecule has 2 aromatic heterocycles. The second-order valence-electron chi connectivity index (χ2n) is 7.31. The predicted molar refractivity (Wildman–Crippen MR) is 120 cm³/mol. The van der Waals surface area contributed by atoms with Gasteiger partial charge in [-0.15, -0.1) is 24.8 Å². The number of hydrogen-bond acceptors (Lipinski definition) is 5. The number of piperazine rings is 1. The molecule has 1 N–H and O–H groups in total. The molecule has 0 spiro atoms. The molecular weight excluding hydrogens is 409 g/mol. The van der Waals surface area contributed by atoms with E-state index in [1.54, 1.807) is 12.4 Å². The zero-order chi connectivity index (χ0) is 18.5. The zero-order valence-corrected chi connectivity index (χ0v) is 18.1. The summed E-state index contributed by atoms with van der Waals surface area (Å²) in [5, 5.41) is 3.38. The van der Waals surface area contributed by atoms with Gasteiger partial charge in [0, 0.05) is 51.3 Å². The van der Waals surface area contributed by atoms with Crippen LogP contribution in [-0.2, 0) is 0 Å². The molecule has 2 saturated heterocycles. The number of aromatic nitrogens is 2. The highest BCUT2D eigenvalue weighted by molar-refractivity contribution is 5.94. The molecule has 8 heteroatoms. The number of carbonyl (C=O) groups is 1. The molecule has 6 nitrogen and oxygen atoms in total. The Hall–Kier alpha value is -1.89. The van der Waals surface area contributed by atoms with Crippen LogP contribution in [0.1, 0.15) is 47.6 Å². The van der Waals surface area contributed by atoms with Gasteiger partial charge in [0.15, 0.2) is 0 Å². The van der Waals surface area contributed by atoms with Crippen LogP contribution in [-0.4, -0.2) is 53.5 Å². The number of hydrogen-bond donors (Lipinski definition) is 1. The topological polar surface area (TPSA) is 61.4 Å². The number of pyridine rings is 2. The lowest BCUT2D eigenvalue weighted by Crippen LogP contribution is -2.48. The first-order chi connectivity index (χ1) is 13.3. The van der Waals surface area contributed by atoms with Crippen LogP contribution in [0, 0.1) is 0 Å². The smallest absolute Gasteiger partial charge is 0.256 e. The van der Waals surface area contributed by atoms with Crippen molar-refractivity contribution in [2.24, 2.45) is 0 Å². The first-order valence-corrected chi connectivity index (χ1v) is 9.95. The minimum atomic E-state index is 0. The van der Waals surface area contributed by atoms with E-state index in [2.05, 4.69) is 20.2 Å². The minimum Gasteiger partial charge on any atom is -0.357 e. The summed E-state index contributed by atoms with van der Waals surface area (Å²) in [7, 11) is 0. The zero-order valence-electron chi connectivity index (χ0n) is 16.5. The van der Waals surface area contributed by atoms with E-state index in [-0.39, 0.29) is 36.8 Å². The molecular formula is C21H29Cl2N5O. The van der Waals surface area contributed by atoms with Crippen molar-refractivity contribution in [3.63, 3.8) is 0 Å². The molecule has 2 aliphatic rings. The highest BCUT2D eigenvalue weighted by Crippen LogP contribution is 2.24. The fourth-order valence-corrected chi connectivity index (χ4v) is 3.98. The largest absolute Gasteiger partial charge is 0.357 e. The average Bonchev–Trinajstić information content (AvgIpc) is 3.04. The number of halogens is 2. The van der Waals surface area contributed by atoms with Gasteiger partial charge in [-0.05, 0) is 36.6 Å². The normalized spacial score (nSPS) is 19.5. The Balaban J connectivity index is 0.00000150. The van der Waals surface area contributed by atoms with Gasteiger partial charge in [0.25, 0.3) is 5.91 Å². The van der Waals surface area contributed by atoms with Gasteiger partial charge in [0.05, 0.1) is 11.6 Å². The average molecular weight is 438 g/mol. The molecule has 158 valence electrons. The molecule has 1 atom stereocenters. The lowest BCUT2D eigenvalue weighted by Gasteiger charge is -2.36. The molecule has 1 unspecified atom stereocenters. The maximum absolute atomic E-state index is 13.2. The fourth-order valence-electron chi connectivity index (χ4n) is 3.98. The Morgan fingerprint density at radius 1 is 1.00 bits per heavy atom. The maximum Gasteiger partial charge on any atom is 0.256 e. The first-order valence-electron chi connectivity index (χ1n) is 9.95. The Morgan fingerprint density at radius 2 is 1.79 bits per heavy atom. The molecule has 1 amide bonds. The summed E-state index contributed by atoms with van der Waals surface area (Å²) >= 11 is 0. The first kappa shape index (κ1) is 23.4. The van der Waals surface area contributed by atoms with E-state index in [9.17, 15) is 4.79 Å². The fraction of sp³-hybridized carbons (Fsp3) is 0.476. The molecule has 0 aliphatic carbocycles. The van der Waals surface area contributed by atoms with Gasteiger partial charge in [0.2, 0.25) is 0 Å². The summed E-state index contributed by atoms with van der Waals surface area (Å²) in [5.74, 6) is 1.03. The van der Waals surface area contributed by atoms with Gasteiger partial charge in [-0.2, -0.15) is 0 Å². The SMILES string of the molecule is Cl.Cl.O=C(c1ccc(N2CCCCCC2)nc1)N1CCNCC1c1cccnc1. The number of carbonyl (C=O) groups excluding carboxylic acids is 1. The second-order valence-corrected chi connectivity index (χ2v) is 7.31. The Labute approximate surface area is 184 Å². The highest BCUT2D eigenvalue weighted by Gasteiger charge is 2.29. The van der Waals surface area contributed by atoms with Gasteiger partial charge in [-0.25, -0.2) is 4.98 Å². The molecule has 2 fully saturated rings. The molecule has 0 aromatic carbocycles. The molecule has 0 radical (unpaired) electrons. The summed E-state index contributed by atoms with van der Waals surface area (Å²) in [5.41, 5.74) is 1.72. The molecule has 4 rings (SSSR count). The van der Waals surface area contributed by atoms with Crippen LogP contribution in [0.3, 0.4) is 0 Å².